The van der Waals surface area contributed by atoms with Gasteiger partial charge in [0.25, 0.3) is 0 Å². The minimum absolute atomic E-state index is 0.229. The van der Waals surface area contributed by atoms with Crippen molar-refractivity contribution in [2.45, 2.75) is 53.5 Å². The van der Waals surface area contributed by atoms with E-state index < -0.39 is 0 Å². The lowest BCUT2D eigenvalue weighted by Crippen LogP contribution is -2.28. The molecule has 108 valence electrons. The largest absolute Gasteiger partial charge is 0.371 e. The van der Waals surface area contributed by atoms with E-state index in [1.165, 1.54) is 23.2 Å². The molecule has 0 saturated carbocycles. The summed E-state index contributed by atoms with van der Waals surface area (Å²) in [5, 5.41) is 0. The molecule has 0 aromatic heterocycles. The van der Waals surface area contributed by atoms with E-state index in [1.54, 1.807) is 0 Å². The van der Waals surface area contributed by atoms with Crippen molar-refractivity contribution in [3.63, 3.8) is 0 Å². The summed E-state index contributed by atoms with van der Waals surface area (Å²) >= 11 is 0. The minimum Gasteiger partial charge on any atom is -0.371 e. The Labute approximate surface area is 119 Å². The van der Waals surface area contributed by atoms with E-state index in [9.17, 15) is 0 Å². The molecule has 0 aliphatic carbocycles. The molecule has 19 heavy (non-hydrogen) atoms. The lowest BCUT2D eigenvalue weighted by molar-refractivity contribution is 0.547. The smallest absolute Gasteiger partial charge is 0.0396 e. The molecule has 1 aromatic carbocycles. The van der Waals surface area contributed by atoms with Crippen molar-refractivity contribution in [1.82, 2.24) is 0 Å². The van der Waals surface area contributed by atoms with Crippen LogP contribution < -0.4 is 10.6 Å². The maximum Gasteiger partial charge on any atom is 0.0396 e. The van der Waals surface area contributed by atoms with Gasteiger partial charge in [-0.1, -0.05) is 32.4 Å². The predicted molar refractivity (Wildman–Crippen MR) is 85.9 cm³/mol. The fraction of sp³-hybridized carbons (Fsp3) is 0.647. The number of rotatable bonds is 7. The van der Waals surface area contributed by atoms with Crippen LogP contribution in [0.25, 0.3) is 0 Å². The summed E-state index contributed by atoms with van der Waals surface area (Å²) in [6, 6.07) is 7.01. The second kappa shape index (κ2) is 7.54. The summed E-state index contributed by atoms with van der Waals surface area (Å²) < 4.78 is 0. The van der Waals surface area contributed by atoms with Crippen LogP contribution in [0, 0.1) is 12.8 Å². The van der Waals surface area contributed by atoms with Crippen molar-refractivity contribution in [1.29, 1.82) is 0 Å². The molecule has 0 aliphatic heterocycles. The monoisotopic (exact) mass is 262 g/mol. The summed E-state index contributed by atoms with van der Waals surface area (Å²) in [7, 11) is 0. The number of benzene rings is 1. The fourth-order valence-electron chi connectivity index (χ4n) is 2.47. The van der Waals surface area contributed by atoms with Gasteiger partial charge in [-0.2, -0.15) is 0 Å². The van der Waals surface area contributed by atoms with Crippen LogP contribution >= 0.6 is 0 Å². The standard InChI is InChI=1S/C17H30N2/c1-6-13(3)12-19(7-2)17-9-8-16(10-14(17)4)11-15(5)18/h8-10,13,15H,6-7,11-12,18H2,1-5H3. The molecule has 2 N–H and O–H groups in total. The van der Waals surface area contributed by atoms with Gasteiger partial charge in [-0.25, -0.2) is 0 Å². The molecule has 0 amide bonds. The van der Waals surface area contributed by atoms with E-state index in [0.29, 0.717) is 0 Å². The molecular weight excluding hydrogens is 232 g/mol. The van der Waals surface area contributed by atoms with Gasteiger partial charge in [0.2, 0.25) is 0 Å². The normalized spacial score (nSPS) is 14.2. The summed E-state index contributed by atoms with van der Waals surface area (Å²) in [5.74, 6) is 0.739. The first kappa shape index (κ1) is 16.0. The number of anilines is 1. The third-order valence-corrected chi connectivity index (χ3v) is 3.77. The second-order valence-corrected chi connectivity index (χ2v) is 5.85. The number of hydrogen-bond donors (Lipinski definition) is 1. The van der Waals surface area contributed by atoms with Gasteiger partial charge in [0.1, 0.15) is 0 Å². The topological polar surface area (TPSA) is 29.3 Å². The molecule has 0 saturated heterocycles. The van der Waals surface area contributed by atoms with Crippen molar-refractivity contribution in [3.8, 4) is 0 Å². The lowest BCUT2D eigenvalue weighted by atomic mass is 10.0. The fourth-order valence-corrected chi connectivity index (χ4v) is 2.47. The molecule has 0 spiro atoms. The quantitative estimate of drug-likeness (QED) is 0.810. The molecule has 0 heterocycles. The molecule has 0 bridgehead atoms. The second-order valence-electron chi connectivity index (χ2n) is 5.85. The maximum atomic E-state index is 5.87. The average Bonchev–Trinajstić information content (AvgIpc) is 2.35. The maximum absolute atomic E-state index is 5.87. The Morgan fingerprint density at radius 2 is 1.89 bits per heavy atom. The van der Waals surface area contributed by atoms with Gasteiger partial charge < -0.3 is 10.6 Å². The predicted octanol–water partition coefficient (Wildman–Crippen LogP) is 3.76. The number of hydrogen-bond acceptors (Lipinski definition) is 2. The van der Waals surface area contributed by atoms with Crippen molar-refractivity contribution < 1.29 is 0 Å². The minimum atomic E-state index is 0.229. The average molecular weight is 262 g/mol. The molecule has 2 nitrogen and oxygen atoms in total. The highest BCUT2D eigenvalue weighted by Gasteiger charge is 2.11. The van der Waals surface area contributed by atoms with Crippen LogP contribution in [0.5, 0.6) is 0 Å². The van der Waals surface area contributed by atoms with Crippen molar-refractivity contribution in [3.05, 3.63) is 29.3 Å². The van der Waals surface area contributed by atoms with E-state index in [2.05, 4.69) is 57.7 Å². The Morgan fingerprint density at radius 1 is 1.21 bits per heavy atom. The van der Waals surface area contributed by atoms with Crippen LogP contribution in [0.15, 0.2) is 18.2 Å². The summed E-state index contributed by atoms with van der Waals surface area (Å²) in [5.41, 5.74) is 9.95. The first-order chi connectivity index (χ1) is 8.97. The van der Waals surface area contributed by atoms with Gasteiger partial charge in [0, 0.05) is 24.8 Å². The van der Waals surface area contributed by atoms with E-state index in [0.717, 1.165) is 25.4 Å². The number of nitrogens with zero attached hydrogens (tertiary/aromatic N) is 1. The summed E-state index contributed by atoms with van der Waals surface area (Å²) in [6.45, 7) is 13.3. The molecule has 2 heteroatoms. The molecule has 0 aliphatic rings. The summed E-state index contributed by atoms with van der Waals surface area (Å²) in [4.78, 5) is 2.49. The lowest BCUT2D eigenvalue weighted by Gasteiger charge is -2.28. The zero-order valence-corrected chi connectivity index (χ0v) is 13.2. The zero-order valence-electron chi connectivity index (χ0n) is 13.2. The summed E-state index contributed by atoms with van der Waals surface area (Å²) in [6.07, 6.45) is 2.19. The zero-order chi connectivity index (χ0) is 14.4. The van der Waals surface area contributed by atoms with E-state index >= 15 is 0 Å². The van der Waals surface area contributed by atoms with Crippen LogP contribution in [0.1, 0.15) is 45.2 Å². The van der Waals surface area contributed by atoms with Crippen LogP contribution in [-0.4, -0.2) is 19.1 Å². The third-order valence-electron chi connectivity index (χ3n) is 3.77. The molecular formula is C17H30N2. The van der Waals surface area contributed by atoms with Crippen LogP contribution in [0.2, 0.25) is 0 Å². The van der Waals surface area contributed by atoms with Gasteiger partial charge in [0.05, 0.1) is 0 Å². The Kier molecular flexibility index (Phi) is 6.36. The highest BCUT2D eigenvalue weighted by molar-refractivity contribution is 5.54. The number of aryl methyl sites for hydroxylation is 1. The Hall–Kier alpha value is -1.02. The molecule has 0 fully saturated rings. The first-order valence-corrected chi connectivity index (χ1v) is 7.57. The van der Waals surface area contributed by atoms with Gasteiger partial charge in [-0.05, 0) is 50.3 Å². The van der Waals surface area contributed by atoms with Crippen molar-refractivity contribution in [2.75, 3.05) is 18.0 Å². The Bertz CT molecular complexity index is 385. The first-order valence-electron chi connectivity index (χ1n) is 7.57. The Balaban J connectivity index is 2.86. The van der Waals surface area contributed by atoms with Crippen LogP contribution in [0.3, 0.4) is 0 Å². The number of nitrogens with two attached hydrogens (primary N) is 1. The molecule has 1 aromatic rings. The van der Waals surface area contributed by atoms with Crippen LogP contribution in [-0.2, 0) is 6.42 Å². The van der Waals surface area contributed by atoms with Crippen molar-refractivity contribution >= 4 is 5.69 Å². The molecule has 0 radical (unpaired) electrons. The molecule has 2 unspecified atom stereocenters. The molecule has 2 atom stereocenters. The van der Waals surface area contributed by atoms with Gasteiger partial charge in [-0.3, -0.25) is 0 Å². The van der Waals surface area contributed by atoms with Crippen LogP contribution in [0.4, 0.5) is 5.69 Å². The highest BCUT2D eigenvalue weighted by Crippen LogP contribution is 2.23. The SMILES string of the molecule is CCC(C)CN(CC)c1ccc(CC(C)N)cc1C. The highest BCUT2D eigenvalue weighted by atomic mass is 15.1. The van der Waals surface area contributed by atoms with E-state index in [1.807, 2.05) is 0 Å². The van der Waals surface area contributed by atoms with Crippen molar-refractivity contribution in [2.24, 2.45) is 11.7 Å². The Morgan fingerprint density at radius 3 is 2.37 bits per heavy atom. The van der Waals surface area contributed by atoms with E-state index in [-0.39, 0.29) is 6.04 Å². The third kappa shape index (κ3) is 4.87. The molecule has 1 rings (SSSR count). The van der Waals surface area contributed by atoms with Gasteiger partial charge in [0.15, 0.2) is 0 Å². The van der Waals surface area contributed by atoms with E-state index in [4.69, 9.17) is 5.73 Å². The van der Waals surface area contributed by atoms with Gasteiger partial charge >= 0.3 is 0 Å². The van der Waals surface area contributed by atoms with Gasteiger partial charge in [-0.15, -0.1) is 0 Å².